The number of para-hydroxylation sites is 1. The number of benzene rings is 3. The van der Waals surface area contributed by atoms with E-state index < -0.39 is 5.97 Å². The van der Waals surface area contributed by atoms with Gasteiger partial charge in [0, 0.05) is 0 Å². The summed E-state index contributed by atoms with van der Waals surface area (Å²) in [5.41, 5.74) is 3.56. The van der Waals surface area contributed by atoms with Gasteiger partial charge >= 0.3 is 5.97 Å². The predicted octanol–water partition coefficient (Wildman–Crippen LogP) is 4.22. The molecule has 0 spiro atoms. The van der Waals surface area contributed by atoms with Gasteiger partial charge in [-0.05, 0) is 72.6 Å². The molecule has 3 aromatic carbocycles. The van der Waals surface area contributed by atoms with Gasteiger partial charge in [0.2, 0.25) is 0 Å². The zero-order valence-electron chi connectivity index (χ0n) is 17.7. The van der Waals surface area contributed by atoms with Crippen LogP contribution >= 0.6 is 0 Å². The number of hydrazone groups is 1. The maximum Gasteiger partial charge on any atom is 0.343 e. The Balaban J connectivity index is 1.44. The van der Waals surface area contributed by atoms with Crippen LogP contribution in [0.3, 0.4) is 0 Å². The summed E-state index contributed by atoms with van der Waals surface area (Å²) in [4.78, 5) is 24.1. The van der Waals surface area contributed by atoms with Crippen molar-refractivity contribution in [2.45, 2.75) is 13.3 Å². The fraction of sp³-hybridized carbons (Fsp3) is 0.160. The molecule has 7 nitrogen and oxygen atoms in total. The van der Waals surface area contributed by atoms with E-state index in [9.17, 15) is 9.59 Å². The van der Waals surface area contributed by atoms with Gasteiger partial charge in [-0.1, -0.05) is 25.1 Å². The minimum atomic E-state index is -0.459. The second kappa shape index (κ2) is 11.9. The number of nitrogens with zero attached hydrogens (tertiary/aromatic N) is 1. The zero-order valence-corrected chi connectivity index (χ0v) is 17.7. The number of ether oxygens (including phenoxy) is 3. The summed E-state index contributed by atoms with van der Waals surface area (Å²) in [6, 6.07) is 22.6. The third-order valence-electron chi connectivity index (χ3n) is 4.17. The Labute approximate surface area is 186 Å². The number of hydrogen-bond donors (Lipinski definition) is 1. The molecule has 164 valence electrons. The first-order valence-electron chi connectivity index (χ1n) is 10.2. The van der Waals surface area contributed by atoms with Crippen LogP contribution in [-0.2, 0) is 4.79 Å². The molecule has 0 saturated carbocycles. The first kappa shape index (κ1) is 22.6. The first-order valence-corrected chi connectivity index (χ1v) is 10.2. The SMILES string of the molecule is CCCOc1ccc(C(=O)Oc2ccc(/C=N\NC(=O)COc3ccccc3)cc2)cc1. The third kappa shape index (κ3) is 7.28. The van der Waals surface area contributed by atoms with Gasteiger partial charge in [-0.2, -0.15) is 5.10 Å². The Bertz CT molecular complexity index is 1030. The van der Waals surface area contributed by atoms with Crippen molar-refractivity contribution in [1.29, 1.82) is 0 Å². The van der Waals surface area contributed by atoms with Crippen LogP contribution in [0, 0.1) is 0 Å². The number of nitrogens with one attached hydrogen (secondary N) is 1. The zero-order chi connectivity index (χ0) is 22.6. The summed E-state index contributed by atoms with van der Waals surface area (Å²) in [6.45, 7) is 2.52. The minimum Gasteiger partial charge on any atom is -0.494 e. The highest BCUT2D eigenvalue weighted by atomic mass is 16.5. The number of amides is 1. The molecule has 0 heterocycles. The number of rotatable bonds is 10. The van der Waals surface area contributed by atoms with E-state index in [-0.39, 0.29) is 12.5 Å². The van der Waals surface area contributed by atoms with Crippen LogP contribution < -0.4 is 19.6 Å². The van der Waals surface area contributed by atoms with Gasteiger partial charge in [0.1, 0.15) is 17.2 Å². The molecular formula is C25H24N2O5. The van der Waals surface area contributed by atoms with Crippen LogP contribution in [-0.4, -0.2) is 31.3 Å². The molecule has 1 N–H and O–H groups in total. The van der Waals surface area contributed by atoms with Gasteiger partial charge in [0.15, 0.2) is 6.61 Å². The van der Waals surface area contributed by atoms with E-state index in [2.05, 4.69) is 10.5 Å². The monoisotopic (exact) mass is 432 g/mol. The third-order valence-corrected chi connectivity index (χ3v) is 4.17. The molecule has 0 unspecified atom stereocenters. The van der Waals surface area contributed by atoms with Gasteiger partial charge < -0.3 is 14.2 Å². The molecular weight excluding hydrogens is 408 g/mol. The maximum absolute atomic E-state index is 12.3. The van der Waals surface area contributed by atoms with Crippen LogP contribution in [0.15, 0.2) is 84.0 Å². The number of carbonyl (C=O) groups is 2. The second-order valence-corrected chi connectivity index (χ2v) is 6.73. The lowest BCUT2D eigenvalue weighted by molar-refractivity contribution is -0.123. The molecule has 0 aliphatic carbocycles. The normalized spacial score (nSPS) is 10.5. The predicted molar refractivity (Wildman–Crippen MR) is 121 cm³/mol. The van der Waals surface area contributed by atoms with Crippen molar-refractivity contribution < 1.29 is 23.8 Å². The highest BCUT2D eigenvalue weighted by Gasteiger charge is 2.09. The summed E-state index contributed by atoms with van der Waals surface area (Å²) >= 11 is 0. The van der Waals surface area contributed by atoms with Gasteiger partial charge in [-0.15, -0.1) is 0 Å². The molecule has 7 heteroatoms. The molecule has 0 aromatic heterocycles. The topological polar surface area (TPSA) is 86.2 Å². The summed E-state index contributed by atoms with van der Waals surface area (Å²) in [5, 5.41) is 3.90. The highest BCUT2D eigenvalue weighted by Crippen LogP contribution is 2.16. The van der Waals surface area contributed by atoms with Crippen molar-refractivity contribution in [2.75, 3.05) is 13.2 Å². The molecule has 0 radical (unpaired) electrons. The lowest BCUT2D eigenvalue weighted by atomic mass is 10.2. The maximum atomic E-state index is 12.3. The molecule has 0 saturated heterocycles. The molecule has 0 atom stereocenters. The lowest BCUT2D eigenvalue weighted by Gasteiger charge is -2.07. The van der Waals surface area contributed by atoms with Crippen molar-refractivity contribution >= 4 is 18.1 Å². The summed E-state index contributed by atoms with van der Waals surface area (Å²) in [5.74, 6) is 0.892. The van der Waals surface area contributed by atoms with Crippen LogP contribution in [0.5, 0.6) is 17.2 Å². The Kier molecular flexibility index (Phi) is 8.39. The Morgan fingerprint density at radius 2 is 1.50 bits per heavy atom. The largest absolute Gasteiger partial charge is 0.494 e. The Morgan fingerprint density at radius 3 is 2.19 bits per heavy atom. The molecule has 32 heavy (non-hydrogen) atoms. The van der Waals surface area contributed by atoms with Crippen LogP contribution in [0.2, 0.25) is 0 Å². The molecule has 1 amide bonds. The molecule has 3 rings (SSSR count). The number of carbonyl (C=O) groups excluding carboxylic acids is 2. The van der Waals surface area contributed by atoms with E-state index in [1.807, 2.05) is 25.1 Å². The smallest absolute Gasteiger partial charge is 0.343 e. The van der Waals surface area contributed by atoms with Gasteiger partial charge in [0.05, 0.1) is 18.4 Å². The Hall–Kier alpha value is -4.13. The van der Waals surface area contributed by atoms with Gasteiger partial charge in [-0.25, -0.2) is 10.2 Å². The molecule has 0 aliphatic rings. The van der Waals surface area contributed by atoms with Crippen molar-refractivity contribution in [3.05, 3.63) is 90.0 Å². The van der Waals surface area contributed by atoms with Crippen LogP contribution in [0.1, 0.15) is 29.3 Å². The van der Waals surface area contributed by atoms with Gasteiger partial charge in [-0.3, -0.25) is 4.79 Å². The van der Waals surface area contributed by atoms with Crippen molar-refractivity contribution in [3.63, 3.8) is 0 Å². The summed E-state index contributed by atoms with van der Waals surface area (Å²) < 4.78 is 16.2. The van der Waals surface area contributed by atoms with Crippen LogP contribution in [0.25, 0.3) is 0 Å². The minimum absolute atomic E-state index is 0.137. The van der Waals surface area contributed by atoms with E-state index >= 15 is 0 Å². The van der Waals surface area contributed by atoms with Crippen LogP contribution in [0.4, 0.5) is 0 Å². The molecule has 0 fully saturated rings. The van der Waals surface area contributed by atoms with Crippen molar-refractivity contribution in [3.8, 4) is 17.2 Å². The average molecular weight is 432 g/mol. The first-order chi connectivity index (χ1) is 15.6. The highest BCUT2D eigenvalue weighted by molar-refractivity contribution is 5.91. The van der Waals surface area contributed by atoms with Crippen molar-refractivity contribution in [2.24, 2.45) is 5.10 Å². The number of esters is 1. The van der Waals surface area contributed by atoms with E-state index in [1.165, 1.54) is 6.21 Å². The summed E-state index contributed by atoms with van der Waals surface area (Å²) in [7, 11) is 0. The molecule has 0 aliphatic heterocycles. The molecule has 3 aromatic rings. The van der Waals surface area contributed by atoms with Gasteiger partial charge in [0.25, 0.3) is 5.91 Å². The van der Waals surface area contributed by atoms with E-state index in [0.717, 1.165) is 12.0 Å². The second-order valence-electron chi connectivity index (χ2n) is 6.73. The lowest BCUT2D eigenvalue weighted by Crippen LogP contribution is -2.24. The average Bonchev–Trinajstić information content (AvgIpc) is 2.83. The van der Waals surface area contributed by atoms with E-state index in [1.54, 1.807) is 60.7 Å². The fourth-order valence-corrected chi connectivity index (χ4v) is 2.57. The Morgan fingerprint density at radius 1 is 0.844 bits per heavy atom. The fourth-order valence-electron chi connectivity index (χ4n) is 2.57. The number of hydrogen-bond acceptors (Lipinski definition) is 6. The molecule has 0 bridgehead atoms. The van der Waals surface area contributed by atoms with Crippen molar-refractivity contribution in [1.82, 2.24) is 5.43 Å². The quantitative estimate of drug-likeness (QED) is 0.224. The van der Waals surface area contributed by atoms with E-state index in [4.69, 9.17) is 14.2 Å². The van der Waals surface area contributed by atoms with E-state index in [0.29, 0.717) is 29.4 Å². The standard InChI is InChI=1S/C25H24N2O5/c1-2-16-30-22-14-10-20(11-15-22)25(29)32-23-12-8-19(9-13-23)17-26-27-24(28)18-31-21-6-4-3-5-7-21/h3-15,17H,2,16,18H2,1H3,(H,27,28)/b26-17-. The summed E-state index contributed by atoms with van der Waals surface area (Å²) in [6.07, 6.45) is 2.40.